The molecule has 0 saturated carbocycles. The van der Waals surface area contributed by atoms with Gasteiger partial charge in [-0.3, -0.25) is 4.98 Å². The Morgan fingerprint density at radius 1 is 0.960 bits per heavy atom. The van der Waals surface area contributed by atoms with Crippen LogP contribution in [-0.2, 0) is 6.54 Å². The first-order chi connectivity index (χ1) is 12.2. The lowest BCUT2D eigenvalue weighted by Crippen LogP contribution is -2.04. The molecule has 0 spiro atoms. The molecule has 4 rings (SSSR count). The molecule has 0 amide bonds. The van der Waals surface area contributed by atoms with Crippen LogP contribution in [0.15, 0.2) is 54.9 Å². The average molecular weight is 346 g/mol. The van der Waals surface area contributed by atoms with Crippen molar-refractivity contribution < 1.29 is 0 Å². The van der Waals surface area contributed by atoms with Gasteiger partial charge in [0.1, 0.15) is 17.0 Å². The number of nitrogens with zero attached hydrogens (tertiary/aromatic N) is 3. The Kier molecular flexibility index (Phi) is 4.15. The second-order valence-electron chi connectivity index (χ2n) is 5.93. The SMILES string of the molecule is Cc1cccc(CNc2ncnc3sc(C)c(-c4ccccc4)c23)n1. The predicted octanol–water partition coefficient (Wildman–Crippen LogP) is 4.98. The number of fused-ring (bicyclic) bond motifs is 1. The first-order valence-electron chi connectivity index (χ1n) is 8.18. The maximum Gasteiger partial charge on any atom is 0.139 e. The number of aromatic nitrogens is 3. The fourth-order valence-electron chi connectivity index (χ4n) is 3.00. The van der Waals surface area contributed by atoms with E-state index in [9.17, 15) is 0 Å². The monoisotopic (exact) mass is 346 g/mol. The first-order valence-corrected chi connectivity index (χ1v) is 9.00. The Balaban J connectivity index is 1.77. The summed E-state index contributed by atoms with van der Waals surface area (Å²) in [6.45, 7) is 4.78. The van der Waals surface area contributed by atoms with Gasteiger partial charge in [0.15, 0.2) is 0 Å². The van der Waals surface area contributed by atoms with Crippen molar-refractivity contribution in [2.75, 3.05) is 5.32 Å². The van der Waals surface area contributed by atoms with Crippen LogP contribution in [0.25, 0.3) is 21.3 Å². The molecule has 1 N–H and O–H groups in total. The summed E-state index contributed by atoms with van der Waals surface area (Å²) in [6.07, 6.45) is 1.62. The van der Waals surface area contributed by atoms with Crippen LogP contribution in [0.1, 0.15) is 16.3 Å². The van der Waals surface area contributed by atoms with Crippen molar-refractivity contribution in [2.24, 2.45) is 0 Å². The van der Waals surface area contributed by atoms with Gasteiger partial charge in [-0.15, -0.1) is 11.3 Å². The van der Waals surface area contributed by atoms with E-state index in [0.717, 1.165) is 27.4 Å². The van der Waals surface area contributed by atoms with Crippen LogP contribution in [0.4, 0.5) is 5.82 Å². The van der Waals surface area contributed by atoms with Crippen molar-refractivity contribution in [1.29, 1.82) is 0 Å². The Bertz CT molecular complexity index is 1020. The van der Waals surface area contributed by atoms with Gasteiger partial charge in [0.25, 0.3) is 0 Å². The lowest BCUT2D eigenvalue weighted by Gasteiger charge is -2.09. The van der Waals surface area contributed by atoms with Crippen molar-refractivity contribution in [1.82, 2.24) is 15.0 Å². The second kappa shape index (κ2) is 6.61. The number of hydrogen-bond donors (Lipinski definition) is 1. The highest BCUT2D eigenvalue weighted by Gasteiger charge is 2.16. The first kappa shape index (κ1) is 15.7. The number of anilines is 1. The molecule has 4 aromatic rings. The molecule has 0 radical (unpaired) electrons. The lowest BCUT2D eigenvalue weighted by atomic mass is 10.0. The quantitative estimate of drug-likeness (QED) is 0.566. The van der Waals surface area contributed by atoms with Gasteiger partial charge in [-0.05, 0) is 31.5 Å². The van der Waals surface area contributed by atoms with E-state index in [4.69, 9.17) is 0 Å². The molecular weight excluding hydrogens is 328 g/mol. The van der Waals surface area contributed by atoms with Crippen LogP contribution in [0.5, 0.6) is 0 Å². The Labute approximate surface area is 150 Å². The third-order valence-corrected chi connectivity index (χ3v) is 5.12. The number of pyridine rings is 1. The van der Waals surface area contributed by atoms with Gasteiger partial charge in [0.05, 0.1) is 17.6 Å². The topological polar surface area (TPSA) is 50.7 Å². The van der Waals surface area contributed by atoms with Gasteiger partial charge in [0, 0.05) is 16.1 Å². The van der Waals surface area contributed by atoms with Crippen LogP contribution in [0.3, 0.4) is 0 Å². The molecule has 0 atom stereocenters. The van der Waals surface area contributed by atoms with E-state index in [1.165, 1.54) is 16.0 Å². The summed E-state index contributed by atoms with van der Waals surface area (Å²) in [4.78, 5) is 15.8. The predicted molar refractivity (Wildman–Crippen MR) is 104 cm³/mol. The van der Waals surface area contributed by atoms with Gasteiger partial charge in [-0.2, -0.15) is 0 Å². The molecule has 5 heteroatoms. The van der Waals surface area contributed by atoms with E-state index < -0.39 is 0 Å². The Morgan fingerprint density at radius 3 is 2.60 bits per heavy atom. The Morgan fingerprint density at radius 2 is 1.80 bits per heavy atom. The highest BCUT2D eigenvalue weighted by atomic mass is 32.1. The molecule has 124 valence electrons. The molecule has 3 heterocycles. The van der Waals surface area contributed by atoms with Crippen molar-refractivity contribution in [2.45, 2.75) is 20.4 Å². The van der Waals surface area contributed by atoms with Crippen molar-refractivity contribution in [3.8, 4) is 11.1 Å². The summed E-state index contributed by atoms with van der Waals surface area (Å²) in [6, 6.07) is 16.5. The molecule has 0 aliphatic carbocycles. The second-order valence-corrected chi connectivity index (χ2v) is 7.13. The zero-order valence-electron chi connectivity index (χ0n) is 14.2. The van der Waals surface area contributed by atoms with Crippen LogP contribution >= 0.6 is 11.3 Å². The van der Waals surface area contributed by atoms with E-state index in [-0.39, 0.29) is 0 Å². The van der Waals surface area contributed by atoms with Crippen molar-refractivity contribution >= 4 is 27.4 Å². The normalized spacial score (nSPS) is 11.0. The standard InChI is InChI=1S/C20H18N4S/c1-13-7-6-10-16(24-13)11-21-19-18-17(15-8-4-3-5-9-15)14(2)25-20(18)23-12-22-19/h3-10,12H,11H2,1-2H3,(H,21,22,23). The highest BCUT2D eigenvalue weighted by molar-refractivity contribution is 7.19. The lowest BCUT2D eigenvalue weighted by molar-refractivity contribution is 1.00. The summed E-state index contributed by atoms with van der Waals surface area (Å²) < 4.78 is 0. The van der Waals surface area contributed by atoms with Crippen LogP contribution in [0.2, 0.25) is 0 Å². The third-order valence-electron chi connectivity index (χ3n) is 4.11. The maximum absolute atomic E-state index is 4.55. The summed E-state index contributed by atoms with van der Waals surface area (Å²) in [5.74, 6) is 0.858. The van der Waals surface area contributed by atoms with Crippen molar-refractivity contribution in [3.05, 3.63) is 71.1 Å². The molecular formula is C20H18N4S. The minimum atomic E-state index is 0.636. The Hall–Kier alpha value is -2.79. The number of hydrogen-bond acceptors (Lipinski definition) is 5. The minimum Gasteiger partial charge on any atom is -0.364 e. The zero-order chi connectivity index (χ0) is 17.2. The maximum atomic E-state index is 4.55. The molecule has 4 nitrogen and oxygen atoms in total. The summed E-state index contributed by atoms with van der Waals surface area (Å²) >= 11 is 1.71. The number of aryl methyl sites for hydroxylation is 2. The third kappa shape index (κ3) is 3.10. The highest BCUT2D eigenvalue weighted by Crippen LogP contribution is 2.40. The van der Waals surface area contributed by atoms with Gasteiger partial charge < -0.3 is 5.32 Å². The molecule has 0 aliphatic heterocycles. The van der Waals surface area contributed by atoms with Crippen LogP contribution in [-0.4, -0.2) is 15.0 Å². The van der Waals surface area contributed by atoms with E-state index in [0.29, 0.717) is 6.54 Å². The summed E-state index contributed by atoms with van der Waals surface area (Å²) in [7, 11) is 0. The zero-order valence-corrected chi connectivity index (χ0v) is 15.0. The average Bonchev–Trinajstić information content (AvgIpc) is 2.97. The molecule has 0 unspecified atom stereocenters. The van der Waals surface area contributed by atoms with E-state index >= 15 is 0 Å². The summed E-state index contributed by atoms with van der Waals surface area (Å²) in [5, 5.41) is 4.53. The van der Waals surface area contributed by atoms with E-state index in [1.807, 2.05) is 31.2 Å². The number of benzene rings is 1. The number of rotatable bonds is 4. The van der Waals surface area contributed by atoms with Gasteiger partial charge >= 0.3 is 0 Å². The number of nitrogens with one attached hydrogen (secondary N) is 1. The van der Waals surface area contributed by atoms with Crippen molar-refractivity contribution in [3.63, 3.8) is 0 Å². The molecule has 0 bridgehead atoms. The number of thiophene rings is 1. The van der Waals surface area contributed by atoms with E-state index in [1.54, 1.807) is 17.7 Å². The largest absolute Gasteiger partial charge is 0.364 e. The molecule has 0 saturated heterocycles. The fraction of sp³-hybridized carbons (Fsp3) is 0.150. The molecule has 1 aromatic carbocycles. The smallest absolute Gasteiger partial charge is 0.139 e. The minimum absolute atomic E-state index is 0.636. The van der Waals surface area contributed by atoms with Gasteiger partial charge in [-0.1, -0.05) is 36.4 Å². The molecule has 25 heavy (non-hydrogen) atoms. The van der Waals surface area contributed by atoms with E-state index in [2.05, 4.69) is 51.5 Å². The van der Waals surface area contributed by atoms with Crippen LogP contribution < -0.4 is 5.32 Å². The fourth-order valence-corrected chi connectivity index (χ4v) is 4.02. The van der Waals surface area contributed by atoms with Crippen LogP contribution in [0, 0.1) is 13.8 Å². The molecule has 0 aliphatic rings. The summed E-state index contributed by atoms with van der Waals surface area (Å²) in [5.41, 5.74) is 4.42. The van der Waals surface area contributed by atoms with Gasteiger partial charge in [-0.25, -0.2) is 9.97 Å². The molecule has 3 aromatic heterocycles. The molecule has 0 fully saturated rings. The van der Waals surface area contributed by atoms with Gasteiger partial charge in [0.2, 0.25) is 0 Å².